The van der Waals surface area contributed by atoms with Gasteiger partial charge in [0.05, 0.1) is 5.92 Å². The molecule has 3 N–H and O–H groups in total. The number of phenols is 1. The number of aromatic carboxylic acids is 1. The summed E-state index contributed by atoms with van der Waals surface area (Å²) in [5.41, 5.74) is 0.949. The quantitative estimate of drug-likeness (QED) is 0.644. The van der Waals surface area contributed by atoms with Gasteiger partial charge in [-0.3, -0.25) is 9.59 Å². The largest absolute Gasteiger partial charge is 0.507 e. The molecule has 0 saturated heterocycles. The first-order valence-electron chi connectivity index (χ1n) is 7.91. The molecule has 6 nitrogen and oxygen atoms in total. The van der Waals surface area contributed by atoms with Crippen molar-refractivity contribution in [1.82, 2.24) is 0 Å². The fourth-order valence-corrected chi connectivity index (χ4v) is 3.08. The Kier molecular flexibility index (Phi) is 6.80. The summed E-state index contributed by atoms with van der Waals surface area (Å²) in [5.74, 6) is -2.12. The smallest absolute Gasteiger partial charge is 0.339 e. The zero-order valence-electron chi connectivity index (χ0n) is 14.1. The fraction of sp³-hybridized carbons (Fsp3) is 0.211. The third kappa shape index (κ3) is 5.63. The predicted molar refractivity (Wildman–Crippen MR) is 100 cm³/mol. The molecule has 0 aromatic heterocycles. The Morgan fingerprint density at radius 3 is 2.42 bits per heavy atom. The second kappa shape index (κ2) is 9.05. The molecule has 0 saturated carbocycles. The molecule has 2 aromatic carbocycles. The molecule has 0 aliphatic rings. The van der Waals surface area contributed by atoms with E-state index in [0.29, 0.717) is 12.2 Å². The van der Waals surface area contributed by atoms with Crippen molar-refractivity contribution in [3.05, 3.63) is 59.7 Å². The van der Waals surface area contributed by atoms with Gasteiger partial charge in [-0.05, 0) is 30.2 Å². The Bertz CT molecular complexity index is 807. The highest BCUT2D eigenvalue weighted by molar-refractivity contribution is 8.13. The van der Waals surface area contributed by atoms with Gasteiger partial charge >= 0.3 is 5.97 Å². The lowest BCUT2D eigenvalue weighted by Gasteiger charge is -2.16. The van der Waals surface area contributed by atoms with Crippen molar-refractivity contribution in [2.24, 2.45) is 5.92 Å². The van der Waals surface area contributed by atoms with E-state index in [1.54, 1.807) is 0 Å². The molecule has 0 aliphatic carbocycles. The summed E-state index contributed by atoms with van der Waals surface area (Å²) in [4.78, 5) is 35.0. The number of nitrogens with one attached hydrogen (secondary N) is 1. The summed E-state index contributed by atoms with van der Waals surface area (Å²) >= 11 is 1.07. The zero-order chi connectivity index (χ0) is 19.1. The van der Waals surface area contributed by atoms with Crippen LogP contribution in [0.15, 0.2) is 48.5 Å². The normalized spacial score (nSPS) is 11.6. The van der Waals surface area contributed by atoms with Crippen molar-refractivity contribution in [3.8, 4) is 5.75 Å². The van der Waals surface area contributed by atoms with E-state index in [1.807, 2.05) is 30.3 Å². The summed E-state index contributed by atoms with van der Waals surface area (Å²) in [6.07, 6.45) is 0.455. The summed E-state index contributed by atoms with van der Waals surface area (Å²) in [7, 11) is 0. The van der Waals surface area contributed by atoms with Crippen LogP contribution in [0.1, 0.15) is 22.8 Å². The van der Waals surface area contributed by atoms with Crippen LogP contribution in [0.25, 0.3) is 0 Å². The average Bonchev–Trinajstić information content (AvgIpc) is 2.60. The van der Waals surface area contributed by atoms with E-state index in [2.05, 4.69) is 5.32 Å². The van der Waals surface area contributed by atoms with E-state index in [1.165, 1.54) is 25.1 Å². The van der Waals surface area contributed by atoms with E-state index in [9.17, 15) is 19.5 Å². The Morgan fingerprint density at radius 2 is 1.81 bits per heavy atom. The molecule has 7 heteroatoms. The summed E-state index contributed by atoms with van der Waals surface area (Å²) in [6, 6.07) is 13.3. The second-order valence-electron chi connectivity index (χ2n) is 5.72. The number of hydrogen-bond acceptors (Lipinski definition) is 5. The summed E-state index contributed by atoms with van der Waals surface area (Å²) < 4.78 is 0. The van der Waals surface area contributed by atoms with Crippen LogP contribution in [-0.4, -0.2) is 33.0 Å². The number of amides is 1. The lowest BCUT2D eigenvalue weighted by molar-refractivity contribution is -0.119. The van der Waals surface area contributed by atoms with Gasteiger partial charge in [0, 0.05) is 18.4 Å². The van der Waals surface area contributed by atoms with E-state index in [-0.39, 0.29) is 28.0 Å². The van der Waals surface area contributed by atoms with E-state index >= 15 is 0 Å². The maximum atomic E-state index is 12.6. The fourth-order valence-electron chi connectivity index (χ4n) is 2.37. The molecule has 0 fully saturated rings. The molecule has 2 aromatic rings. The Balaban J connectivity index is 2.16. The van der Waals surface area contributed by atoms with Gasteiger partial charge in [0.15, 0.2) is 5.12 Å². The highest BCUT2D eigenvalue weighted by Crippen LogP contribution is 2.23. The molecule has 0 aliphatic heterocycles. The highest BCUT2D eigenvalue weighted by atomic mass is 32.2. The number of aromatic hydroxyl groups is 1. The minimum Gasteiger partial charge on any atom is -0.507 e. The maximum Gasteiger partial charge on any atom is 0.339 e. The lowest BCUT2D eigenvalue weighted by Crippen LogP contribution is -2.27. The van der Waals surface area contributed by atoms with Crippen molar-refractivity contribution in [2.75, 3.05) is 11.1 Å². The topological polar surface area (TPSA) is 104 Å². The average molecular weight is 373 g/mol. The molecule has 136 valence electrons. The summed E-state index contributed by atoms with van der Waals surface area (Å²) in [6.45, 7) is 1.45. The van der Waals surface area contributed by atoms with Gasteiger partial charge in [0.25, 0.3) is 0 Å². The molecule has 1 atom stereocenters. The van der Waals surface area contributed by atoms with Gasteiger partial charge < -0.3 is 15.5 Å². The molecule has 26 heavy (non-hydrogen) atoms. The van der Waals surface area contributed by atoms with Gasteiger partial charge in [-0.2, -0.15) is 0 Å². The van der Waals surface area contributed by atoms with Crippen molar-refractivity contribution >= 4 is 34.4 Å². The van der Waals surface area contributed by atoms with Crippen molar-refractivity contribution in [1.29, 1.82) is 0 Å². The first-order valence-corrected chi connectivity index (χ1v) is 8.90. The third-order valence-electron chi connectivity index (χ3n) is 3.68. The number of thioether (sulfide) groups is 1. The van der Waals surface area contributed by atoms with Crippen LogP contribution < -0.4 is 5.32 Å². The lowest BCUT2D eigenvalue weighted by atomic mass is 10.00. The Morgan fingerprint density at radius 1 is 1.12 bits per heavy atom. The Labute approximate surface area is 155 Å². The number of rotatable bonds is 7. The molecule has 1 unspecified atom stereocenters. The number of carboxylic acids is 1. The van der Waals surface area contributed by atoms with E-state index in [4.69, 9.17) is 5.11 Å². The molecular formula is C19H19NO5S. The third-order valence-corrected chi connectivity index (χ3v) is 4.65. The van der Waals surface area contributed by atoms with Crippen LogP contribution in [0.3, 0.4) is 0 Å². The first kappa shape index (κ1) is 19.5. The number of carboxylic acid groups (broad SMARTS) is 1. The maximum absolute atomic E-state index is 12.6. The van der Waals surface area contributed by atoms with Crippen molar-refractivity contribution in [2.45, 2.75) is 13.3 Å². The highest BCUT2D eigenvalue weighted by Gasteiger charge is 2.21. The summed E-state index contributed by atoms with van der Waals surface area (Å²) in [5, 5.41) is 21.2. The molecule has 0 bridgehead atoms. The molecule has 1 amide bonds. The van der Waals surface area contributed by atoms with Gasteiger partial charge in [-0.1, -0.05) is 42.1 Å². The van der Waals surface area contributed by atoms with Gasteiger partial charge in [-0.25, -0.2) is 4.79 Å². The van der Waals surface area contributed by atoms with Gasteiger partial charge in [0.1, 0.15) is 11.3 Å². The zero-order valence-corrected chi connectivity index (χ0v) is 15.0. The molecule has 0 spiro atoms. The molecular weight excluding hydrogens is 354 g/mol. The number of anilines is 1. The molecule has 0 heterocycles. The Hall–Kier alpha value is -2.80. The monoisotopic (exact) mass is 373 g/mol. The number of hydrogen-bond donors (Lipinski definition) is 3. The molecule has 2 rings (SSSR count). The number of benzene rings is 2. The van der Waals surface area contributed by atoms with Crippen LogP contribution in [-0.2, 0) is 16.0 Å². The van der Waals surface area contributed by atoms with Crippen LogP contribution >= 0.6 is 11.8 Å². The predicted octanol–water partition coefficient (Wildman–Crippen LogP) is 3.17. The van der Waals surface area contributed by atoms with Crippen molar-refractivity contribution < 1.29 is 24.6 Å². The SMILES string of the molecule is CC(=O)SCC(Cc1ccccc1)C(=O)Nc1ccc(O)c(C(=O)O)c1. The van der Waals surface area contributed by atoms with Crippen LogP contribution in [0.2, 0.25) is 0 Å². The second-order valence-corrected chi connectivity index (χ2v) is 6.91. The van der Waals surface area contributed by atoms with Crippen LogP contribution in [0.5, 0.6) is 5.75 Å². The molecule has 0 radical (unpaired) electrons. The first-order chi connectivity index (χ1) is 12.4. The van der Waals surface area contributed by atoms with E-state index in [0.717, 1.165) is 17.3 Å². The van der Waals surface area contributed by atoms with E-state index < -0.39 is 11.9 Å². The minimum absolute atomic E-state index is 0.0753. The van der Waals surface area contributed by atoms with Crippen LogP contribution in [0.4, 0.5) is 5.69 Å². The standard InChI is InChI=1S/C19H19NO5S/c1-12(21)26-11-14(9-13-5-3-2-4-6-13)18(23)20-15-7-8-17(22)16(10-15)19(24)25/h2-8,10,14,22H,9,11H2,1H3,(H,20,23)(H,24,25). The van der Waals surface area contributed by atoms with Crippen molar-refractivity contribution in [3.63, 3.8) is 0 Å². The van der Waals surface area contributed by atoms with Gasteiger partial charge in [0.2, 0.25) is 5.91 Å². The number of carbonyl (C=O) groups is 3. The van der Waals surface area contributed by atoms with Gasteiger partial charge in [-0.15, -0.1) is 0 Å². The number of carbonyl (C=O) groups excluding carboxylic acids is 2. The minimum atomic E-state index is -1.29. The van der Waals surface area contributed by atoms with Crippen LogP contribution in [0, 0.1) is 5.92 Å².